The second-order valence-corrected chi connectivity index (χ2v) is 2.36. The van der Waals surface area contributed by atoms with Crippen molar-refractivity contribution in [2.24, 2.45) is 0 Å². The molecule has 20 heavy (non-hydrogen) atoms. The third-order valence-corrected chi connectivity index (χ3v) is 0.577. The molecule has 0 fully saturated rings. The molecule has 0 atom stereocenters. The quantitative estimate of drug-likeness (QED) is 0.746. The van der Waals surface area contributed by atoms with E-state index in [4.69, 9.17) is 20.4 Å². The van der Waals surface area contributed by atoms with Crippen LogP contribution in [0.4, 0.5) is 0 Å². The Balaban J connectivity index is -0.0000000296. The van der Waals surface area contributed by atoms with Crippen LogP contribution in [0.2, 0.25) is 0 Å². The number of aliphatic hydroxyl groups excluding tert-OH is 2. The van der Waals surface area contributed by atoms with Crippen LogP contribution in [0.25, 0.3) is 0 Å². The first kappa shape index (κ1) is 36.7. The molecule has 0 amide bonds. The summed E-state index contributed by atoms with van der Waals surface area (Å²) in [5.74, 6) is 0. The molecule has 0 unspecified atom stereocenters. The fourth-order valence-corrected chi connectivity index (χ4v) is 0. The summed E-state index contributed by atoms with van der Waals surface area (Å²) >= 11 is 0. The summed E-state index contributed by atoms with van der Waals surface area (Å²) < 4.78 is 9.08. The summed E-state index contributed by atoms with van der Waals surface area (Å²) in [5.41, 5.74) is 0. The van der Waals surface area contributed by atoms with E-state index in [1.54, 1.807) is 41.9 Å². The molecule has 0 aromatic heterocycles. The van der Waals surface area contributed by atoms with Gasteiger partial charge in [-0.25, -0.2) is 0 Å². The number of hydrogen-bond donors (Lipinski definition) is 2. The zero-order valence-electron chi connectivity index (χ0n) is 14.8. The first-order chi connectivity index (χ1) is 9.49. The second kappa shape index (κ2) is 98.3. The monoisotopic (exact) mass is 302 g/mol. The van der Waals surface area contributed by atoms with Crippen molar-refractivity contribution in [1.29, 1.82) is 0 Å². The predicted octanol–water partition coefficient (Wildman–Crippen LogP) is 0.0358. The lowest BCUT2D eigenvalue weighted by molar-refractivity contribution is -0.362. The molecule has 0 saturated carbocycles. The van der Waals surface area contributed by atoms with Crippen molar-refractivity contribution in [1.82, 2.24) is 0 Å². The van der Waals surface area contributed by atoms with Gasteiger partial charge in [0.15, 0.2) is 0 Å². The standard InChI is InChI=1S/2C3H8O.2C2H6O.2C2H5O/c2*1-3-4-2;4*1-2-3/h2*3H2,1-2H3;2*3H,2H2,1H3;2*2H2,1H3/q;;;;2*-1. The number of rotatable bonds is 2. The lowest BCUT2D eigenvalue weighted by atomic mass is 10.9. The highest BCUT2D eigenvalue weighted by Gasteiger charge is 1.52. The van der Waals surface area contributed by atoms with Crippen molar-refractivity contribution in [2.75, 3.05) is 53.9 Å². The van der Waals surface area contributed by atoms with E-state index in [9.17, 15) is 0 Å². The van der Waals surface area contributed by atoms with E-state index in [0.717, 1.165) is 13.2 Å². The number of methoxy groups -OCH3 is 2. The minimum Gasteiger partial charge on any atom is -0.855 e. The van der Waals surface area contributed by atoms with Gasteiger partial charge in [0.1, 0.15) is 0 Å². The summed E-state index contributed by atoms with van der Waals surface area (Å²) in [6.45, 7) is 12.6. The Morgan fingerprint density at radius 1 is 0.650 bits per heavy atom. The van der Waals surface area contributed by atoms with Crippen LogP contribution >= 0.6 is 0 Å². The van der Waals surface area contributed by atoms with Gasteiger partial charge in [-0.15, -0.1) is 13.2 Å². The lowest BCUT2D eigenvalue weighted by Gasteiger charge is -1.79. The third kappa shape index (κ3) is 1610. The van der Waals surface area contributed by atoms with Gasteiger partial charge in [0, 0.05) is 40.6 Å². The van der Waals surface area contributed by atoms with Gasteiger partial charge in [0.05, 0.1) is 0 Å². The molecule has 0 aliphatic heterocycles. The average molecular weight is 302 g/mol. The topological polar surface area (TPSA) is 105 Å². The molecule has 0 aromatic rings. The minimum absolute atomic E-state index is 0. The van der Waals surface area contributed by atoms with E-state index in [-0.39, 0.29) is 26.4 Å². The largest absolute Gasteiger partial charge is 0.855 e. The fraction of sp³-hybridized carbons (Fsp3) is 1.00. The van der Waals surface area contributed by atoms with E-state index < -0.39 is 0 Å². The van der Waals surface area contributed by atoms with E-state index >= 15 is 0 Å². The van der Waals surface area contributed by atoms with Gasteiger partial charge in [-0.05, 0) is 27.7 Å². The van der Waals surface area contributed by atoms with Crippen LogP contribution < -0.4 is 10.2 Å². The first-order valence-corrected chi connectivity index (χ1v) is 6.85. The van der Waals surface area contributed by atoms with Crippen molar-refractivity contribution in [3.8, 4) is 0 Å². The third-order valence-electron chi connectivity index (χ3n) is 0.577. The van der Waals surface area contributed by atoms with Crippen LogP contribution in [-0.2, 0) is 9.47 Å². The Labute approximate surface area is 126 Å². The van der Waals surface area contributed by atoms with Crippen molar-refractivity contribution in [3.63, 3.8) is 0 Å². The van der Waals surface area contributed by atoms with Gasteiger partial charge in [-0.2, -0.15) is 0 Å². The van der Waals surface area contributed by atoms with Gasteiger partial charge in [-0.1, -0.05) is 13.8 Å². The summed E-state index contributed by atoms with van der Waals surface area (Å²) in [4.78, 5) is 0. The van der Waals surface area contributed by atoms with Crippen LogP contribution in [0, 0.1) is 0 Å². The maximum absolute atomic E-state index is 8.93. The zero-order valence-corrected chi connectivity index (χ0v) is 14.8. The maximum Gasteiger partial charge on any atom is 0.0433 e. The highest BCUT2D eigenvalue weighted by atomic mass is 16.5. The van der Waals surface area contributed by atoms with E-state index in [1.165, 1.54) is 0 Å². The van der Waals surface area contributed by atoms with Crippen molar-refractivity contribution < 1.29 is 29.9 Å². The summed E-state index contributed by atoms with van der Waals surface area (Å²) in [6, 6.07) is 0. The normalized spacial score (nSPS) is 6.60. The molecule has 0 saturated heterocycles. The van der Waals surface area contributed by atoms with Gasteiger partial charge >= 0.3 is 0 Å². The molecule has 0 aliphatic rings. The minimum atomic E-state index is 0. The maximum atomic E-state index is 8.93. The smallest absolute Gasteiger partial charge is 0.0433 e. The molecule has 6 nitrogen and oxygen atoms in total. The van der Waals surface area contributed by atoms with Gasteiger partial charge in [0.25, 0.3) is 0 Å². The van der Waals surface area contributed by atoms with Gasteiger partial charge in [-0.3, -0.25) is 0 Å². The molecule has 0 aliphatic carbocycles. The second-order valence-electron chi connectivity index (χ2n) is 2.36. The summed E-state index contributed by atoms with van der Waals surface area (Å²) in [6.07, 6.45) is 0. The Hall–Kier alpha value is -0.240. The Kier molecular flexibility index (Phi) is 180. The van der Waals surface area contributed by atoms with E-state index in [0.29, 0.717) is 0 Å². The number of ether oxygens (including phenoxy) is 2. The Bertz CT molecular complexity index is 49.6. The van der Waals surface area contributed by atoms with Crippen molar-refractivity contribution in [2.45, 2.75) is 41.5 Å². The van der Waals surface area contributed by atoms with Gasteiger partial charge < -0.3 is 29.9 Å². The Morgan fingerprint density at radius 2 is 0.700 bits per heavy atom. The molecule has 0 radical (unpaired) electrons. The highest BCUT2D eigenvalue weighted by Crippen LogP contribution is 1.52. The molecule has 2 N–H and O–H groups in total. The van der Waals surface area contributed by atoms with Crippen molar-refractivity contribution >= 4 is 0 Å². The van der Waals surface area contributed by atoms with Crippen LogP contribution in [0.5, 0.6) is 0 Å². The zero-order chi connectivity index (χ0) is 17.7. The molecule has 6 heteroatoms. The van der Waals surface area contributed by atoms with Crippen LogP contribution in [-0.4, -0.2) is 64.1 Å². The van der Waals surface area contributed by atoms with E-state index in [1.807, 2.05) is 13.8 Å². The molecule has 0 spiro atoms. The molecule has 0 heterocycles. The summed E-state index contributed by atoms with van der Waals surface area (Å²) in [7, 11) is 3.36. The lowest BCUT2D eigenvalue weighted by Crippen LogP contribution is -1.97. The molecule has 132 valence electrons. The fourth-order valence-electron chi connectivity index (χ4n) is 0. The molecule has 0 aromatic carbocycles. The van der Waals surface area contributed by atoms with Crippen molar-refractivity contribution in [3.05, 3.63) is 0 Å². The Morgan fingerprint density at radius 3 is 0.700 bits per heavy atom. The van der Waals surface area contributed by atoms with Crippen LogP contribution in [0.1, 0.15) is 41.5 Å². The number of aliphatic hydroxyl groups is 2. The van der Waals surface area contributed by atoms with Crippen LogP contribution in [0.3, 0.4) is 0 Å². The predicted molar refractivity (Wildman–Crippen MR) is 81.7 cm³/mol. The molecule has 0 bridgehead atoms. The summed E-state index contributed by atoms with van der Waals surface area (Å²) in [5, 5.41) is 33.0. The molecular formula is C14H38O6-2. The van der Waals surface area contributed by atoms with Gasteiger partial charge in [0.2, 0.25) is 0 Å². The van der Waals surface area contributed by atoms with E-state index in [2.05, 4.69) is 9.47 Å². The number of hydrogen-bond acceptors (Lipinski definition) is 6. The van der Waals surface area contributed by atoms with Crippen LogP contribution in [0.15, 0.2) is 0 Å². The highest BCUT2D eigenvalue weighted by molar-refractivity contribution is 3.95. The SMILES string of the molecule is CCO.CCO.CCOC.CCOC.CC[O-].CC[O-]. The first-order valence-electron chi connectivity index (χ1n) is 6.85. The average Bonchev–Trinajstić information content (AvgIpc) is 2.42. The molecule has 0 rings (SSSR count). The molecular weight excluding hydrogens is 264 g/mol.